The molecule has 0 aromatic carbocycles. The average Bonchev–Trinajstić information content (AvgIpc) is 2.37. The predicted octanol–water partition coefficient (Wildman–Crippen LogP) is 1.43. The van der Waals surface area contributed by atoms with Gasteiger partial charge < -0.3 is 15.5 Å². The summed E-state index contributed by atoms with van der Waals surface area (Å²) < 4.78 is 0. The summed E-state index contributed by atoms with van der Waals surface area (Å²) in [5.74, 6) is 1.33. The molecule has 1 unspecified atom stereocenters. The molecule has 2 amide bonds. The van der Waals surface area contributed by atoms with Crippen molar-refractivity contribution in [2.75, 3.05) is 32.7 Å². The van der Waals surface area contributed by atoms with Gasteiger partial charge in [0.2, 0.25) is 0 Å². The average molecular weight is 239 g/mol. The lowest BCUT2D eigenvalue weighted by atomic mass is 9.98. The first-order valence-electron chi connectivity index (χ1n) is 6.99. The first-order valence-corrected chi connectivity index (χ1v) is 6.99. The third-order valence-electron chi connectivity index (χ3n) is 3.94. The number of amides is 2. The molecule has 0 spiro atoms. The quantitative estimate of drug-likeness (QED) is 0.765. The number of hydrogen-bond acceptors (Lipinski definition) is 2. The first kappa shape index (κ1) is 12.7. The Balaban J connectivity index is 1.69. The van der Waals surface area contributed by atoms with Crippen molar-refractivity contribution >= 4 is 6.03 Å². The third-order valence-corrected chi connectivity index (χ3v) is 3.94. The second-order valence-electron chi connectivity index (χ2n) is 5.57. The molecule has 2 heterocycles. The van der Waals surface area contributed by atoms with E-state index < -0.39 is 0 Å². The highest BCUT2D eigenvalue weighted by atomic mass is 16.2. The predicted molar refractivity (Wildman–Crippen MR) is 69.0 cm³/mol. The zero-order chi connectivity index (χ0) is 12.1. The van der Waals surface area contributed by atoms with Gasteiger partial charge in [0.15, 0.2) is 0 Å². The zero-order valence-corrected chi connectivity index (χ0v) is 10.9. The van der Waals surface area contributed by atoms with Crippen molar-refractivity contribution in [1.29, 1.82) is 0 Å². The Morgan fingerprint density at radius 1 is 1.35 bits per heavy atom. The van der Waals surface area contributed by atoms with Gasteiger partial charge in [0, 0.05) is 19.6 Å². The molecule has 0 radical (unpaired) electrons. The molecule has 2 aliphatic rings. The number of piperidine rings is 2. The minimum Gasteiger partial charge on any atom is -0.338 e. The first-order chi connectivity index (χ1) is 8.25. The van der Waals surface area contributed by atoms with Crippen molar-refractivity contribution in [2.45, 2.75) is 32.6 Å². The second kappa shape index (κ2) is 6.24. The SMILES string of the molecule is CC1CCCN(C(=O)NCC2CCNCC2)C1. The van der Waals surface area contributed by atoms with Crippen LogP contribution in [0.4, 0.5) is 4.79 Å². The molecule has 2 fully saturated rings. The number of nitrogens with one attached hydrogen (secondary N) is 2. The van der Waals surface area contributed by atoms with E-state index in [1.165, 1.54) is 19.3 Å². The molecular formula is C13H25N3O. The summed E-state index contributed by atoms with van der Waals surface area (Å²) >= 11 is 0. The van der Waals surface area contributed by atoms with Crippen LogP contribution in [-0.2, 0) is 0 Å². The molecule has 2 saturated heterocycles. The van der Waals surface area contributed by atoms with Crippen molar-refractivity contribution in [3.63, 3.8) is 0 Å². The van der Waals surface area contributed by atoms with Crippen LogP contribution in [0.1, 0.15) is 32.6 Å². The van der Waals surface area contributed by atoms with E-state index in [2.05, 4.69) is 17.6 Å². The second-order valence-corrected chi connectivity index (χ2v) is 5.57. The van der Waals surface area contributed by atoms with Gasteiger partial charge in [-0.3, -0.25) is 0 Å². The summed E-state index contributed by atoms with van der Waals surface area (Å²) in [4.78, 5) is 14.0. The number of nitrogens with zero attached hydrogens (tertiary/aromatic N) is 1. The van der Waals surface area contributed by atoms with Crippen LogP contribution >= 0.6 is 0 Å². The van der Waals surface area contributed by atoms with E-state index >= 15 is 0 Å². The van der Waals surface area contributed by atoms with Gasteiger partial charge in [-0.25, -0.2) is 4.79 Å². The number of carbonyl (C=O) groups excluding carboxylic acids is 1. The van der Waals surface area contributed by atoms with Gasteiger partial charge in [0.1, 0.15) is 0 Å². The Morgan fingerprint density at radius 2 is 2.12 bits per heavy atom. The normalized spacial score (nSPS) is 26.9. The van der Waals surface area contributed by atoms with Gasteiger partial charge >= 0.3 is 6.03 Å². The number of urea groups is 1. The van der Waals surface area contributed by atoms with Crippen LogP contribution in [0.2, 0.25) is 0 Å². The minimum absolute atomic E-state index is 0.148. The van der Waals surface area contributed by atoms with Gasteiger partial charge in [-0.15, -0.1) is 0 Å². The number of rotatable bonds is 2. The van der Waals surface area contributed by atoms with Crippen LogP contribution in [0, 0.1) is 11.8 Å². The summed E-state index contributed by atoms with van der Waals surface area (Å²) in [6.07, 6.45) is 4.80. The molecule has 2 rings (SSSR count). The lowest BCUT2D eigenvalue weighted by molar-refractivity contribution is 0.167. The maximum Gasteiger partial charge on any atom is 0.317 e. The van der Waals surface area contributed by atoms with Gasteiger partial charge in [0.05, 0.1) is 0 Å². The molecule has 98 valence electrons. The number of likely N-dealkylation sites (tertiary alicyclic amines) is 1. The zero-order valence-electron chi connectivity index (χ0n) is 10.9. The van der Waals surface area contributed by atoms with E-state index in [0.717, 1.165) is 39.1 Å². The van der Waals surface area contributed by atoms with Crippen LogP contribution in [0.3, 0.4) is 0 Å². The molecule has 17 heavy (non-hydrogen) atoms. The van der Waals surface area contributed by atoms with Gasteiger partial charge in [-0.05, 0) is 50.6 Å². The van der Waals surface area contributed by atoms with Crippen LogP contribution in [0.5, 0.6) is 0 Å². The highest BCUT2D eigenvalue weighted by Gasteiger charge is 2.21. The van der Waals surface area contributed by atoms with E-state index in [4.69, 9.17) is 0 Å². The van der Waals surface area contributed by atoms with Crippen LogP contribution in [0.25, 0.3) is 0 Å². The highest BCUT2D eigenvalue weighted by molar-refractivity contribution is 5.74. The Labute approximate surface area is 104 Å². The van der Waals surface area contributed by atoms with Crippen molar-refractivity contribution in [3.05, 3.63) is 0 Å². The molecule has 1 atom stereocenters. The van der Waals surface area contributed by atoms with E-state index in [1.807, 2.05) is 4.90 Å². The molecule has 0 bridgehead atoms. The molecule has 2 aliphatic heterocycles. The van der Waals surface area contributed by atoms with Gasteiger partial charge in [-0.2, -0.15) is 0 Å². The Hall–Kier alpha value is -0.770. The lowest BCUT2D eigenvalue weighted by Gasteiger charge is -2.32. The largest absolute Gasteiger partial charge is 0.338 e. The Kier molecular flexibility index (Phi) is 4.66. The van der Waals surface area contributed by atoms with E-state index in [9.17, 15) is 4.79 Å². The summed E-state index contributed by atoms with van der Waals surface area (Å²) in [5.41, 5.74) is 0. The van der Waals surface area contributed by atoms with E-state index in [0.29, 0.717) is 11.8 Å². The fraction of sp³-hybridized carbons (Fsp3) is 0.923. The standard InChI is InChI=1S/C13H25N3O/c1-11-3-2-8-16(10-11)13(17)15-9-12-4-6-14-7-5-12/h11-12,14H,2-10H2,1H3,(H,15,17). The van der Waals surface area contributed by atoms with Crippen LogP contribution in [0.15, 0.2) is 0 Å². The van der Waals surface area contributed by atoms with Crippen LogP contribution < -0.4 is 10.6 Å². The lowest BCUT2D eigenvalue weighted by Crippen LogP contribution is -2.47. The molecule has 0 saturated carbocycles. The van der Waals surface area contributed by atoms with Crippen molar-refractivity contribution in [2.24, 2.45) is 11.8 Å². The molecule has 0 aliphatic carbocycles. The number of carbonyl (C=O) groups is 1. The van der Waals surface area contributed by atoms with Crippen molar-refractivity contribution in [3.8, 4) is 0 Å². The molecule has 4 heteroatoms. The number of hydrogen-bond donors (Lipinski definition) is 2. The monoisotopic (exact) mass is 239 g/mol. The third kappa shape index (κ3) is 3.87. The molecule has 4 nitrogen and oxygen atoms in total. The molecular weight excluding hydrogens is 214 g/mol. The van der Waals surface area contributed by atoms with E-state index in [1.54, 1.807) is 0 Å². The summed E-state index contributed by atoms with van der Waals surface area (Å²) in [6, 6.07) is 0.148. The van der Waals surface area contributed by atoms with Crippen LogP contribution in [-0.4, -0.2) is 43.7 Å². The maximum absolute atomic E-state index is 12.0. The minimum atomic E-state index is 0.148. The molecule has 2 N–H and O–H groups in total. The summed E-state index contributed by atoms with van der Waals surface area (Å²) in [5, 5.41) is 6.45. The van der Waals surface area contributed by atoms with Gasteiger partial charge in [-0.1, -0.05) is 6.92 Å². The fourth-order valence-electron chi connectivity index (χ4n) is 2.80. The van der Waals surface area contributed by atoms with Gasteiger partial charge in [0.25, 0.3) is 0 Å². The Bertz CT molecular complexity index is 251. The highest BCUT2D eigenvalue weighted by Crippen LogP contribution is 2.15. The van der Waals surface area contributed by atoms with E-state index in [-0.39, 0.29) is 6.03 Å². The maximum atomic E-state index is 12.0. The molecule has 0 aromatic rings. The molecule has 0 aromatic heterocycles. The fourth-order valence-corrected chi connectivity index (χ4v) is 2.80. The smallest absolute Gasteiger partial charge is 0.317 e. The van der Waals surface area contributed by atoms with Crippen molar-refractivity contribution < 1.29 is 4.79 Å². The topological polar surface area (TPSA) is 44.4 Å². The summed E-state index contributed by atoms with van der Waals surface area (Å²) in [6.45, 7) is 7.14. The summed E-state index contributed by atoms with van der Waals surface area (Å²) in [7, 11) is 0. The van der Waals surface area contributed by atoms with Crippen molar-refractivity contribution in [1.82, 2.24) is 15.5 Å². The Morgan fingerprint density at radius 3 is 2.82 bits per heavy atom.